The Morgan fingerprint density at radius 1 is 1.44 bits per heavy atom. The molecule has 2 unspecified atom stereocenters. The van der Waals surface area contributed by atoms with Gasteiger partial charge in [0.25, 0.3) is 0 Å². The van der Waals surface area contributed by atoms with E-state index in [1.807, 2.05) is 18.2 Å². The summed E-state index contributed by atoms with van der Waals surface area (Å²) in [7, 11) is 0. The van der Waals surface area contributed by atoms with Crippen LogP contribution in [-0.4, -0.2) is 29.4 Å². The van der Waals surface area contributed by atoms with E-state index in [4.69, 9.17) is 0 Å². The van der Waals surface area contributed by atoms with Gasteiger partial charge in [-0.1, -0.05) is 28.9 Å². The van der Waals surface area contributed by atoms with Crippen molar-refractivity contribution in [1.82, 2.24) is 0 Å². The summed E-state index contributed by atoms with van der Waals surface area (Å²) in [5, 5.41) is 19.4. The molecular formula is C14H20BrNO2. The molecule has 4 heteroatoms. The minimum absolute atomic E-state index is 0.179. The summed E-state index contributed by atoms with van der Waals surface area (Å²) in [5.41, 5.74) is 2.05. The number of halogens is 1. The van der Waals surface area contributed by atoms with Crippen molar-refractivity contribution in [2.45, 2.75) is 32.5 Å². The maximum Gasteiger partial charge on any atom is 0.0772 e. The standard InChI is InChI=1S/C14H20BrNO2/c1-9-8-16(6-5-14(9)18)11-3-4-12(10(2)17)13(15)7-11/h3-4,7,9-10,14,17-18H,5-6,8H2,1-2H3/t9?,10-,14?/m0/s1. The average Bonchev–Trinajstić information content (AvgIpc) is 2.32. The quantitative estimate of drug-likeness (QED) is 0.882. The highest BCUT2D eigenvalue weighted by Gasteiger charge is 2.24. The molecule has 1 aliphatic rings. The lowest BCUT2D eigenvalue weighted by molar-refractivity contribution is 0.0971. The van der Waals surface area contributed by atoms with Crippen LogP contribution in [0.5, 0.6) is 0 Å². The van der Waals surface area contributed by atoms with Crippen LogP contribution in [0.15, 0.2) is 22.7 Å². The first-order valence-corrected chi connectivity index (χ1v) is 7.19. The summed E-state index contributed by atoms with van der Waals surface area (Å²) in [6, 6.07) is 6.05. The van der Waals surface area contributed by atoms with Crippen LogP contribution >= 0.6 is 15.9 Å². The van der Waals surface area contributed by atoms with Crippen LogP contribution in [0.25, 0.3) is 0 Å². The molecule has 0 aliphatic carbocycles. The highest BCUT2D eigenvalue weighted by Crippen LogP contribution is 2.30. The van der Waals surface area contributed by atoms with E-state index in [1.54, 1.807) is 6.92 Å². The zero-order valence-electron chi connectivity index (χ0n) is 10.8. The Hall–Kier alpha value is -0.580. The highest BCUT2D eigenvalue weighted by molar-refractivity contribution is 9.10. The number of rotatable bonds is 2. The maximum absolute atomic E-state index is 9.74. The molecule has 1 fully saturated rings. The van der Waals surface area contributed by atoms with Crippen LogP contribution in [0.4, 0.5) is 5.69 Å². The van der Waals surface area contributed by atoms with E-state index in [0.29, 0.717) is 5.92 Å². The van der Waals surface area contributed by atoms with Gasteiger partial charge in [0.05, 0.1) is 12.2 Å². The van der Waals surface area contributed by atoms with Gasteiger partial charge in [0.2, 0.25) is 0 Å². The van der Waals surface area contributed by atoms with Crippen LogP contribution in [0, 0.1) is 5.92 Å². The topological polar surface area (TPSA) is 43.7 Å². The Labute approximate surface area is 117 Å². The SMILES string of the molecule is CC1CN(c2ccc([C@H](C)O)c(Br)c2)CCC1O. The van der Waals surface area contributed by atoms with Gasteiger partial charge in [0.1, 0.15) is 0 Å². The lowest BCUT2D eigenvalue weighted by atomic mass is 9.96. The van der Waals surface area contributed by atoms with Crippen molar-refractivity contribution in [2.75, 3.05) is 18.0 Å². The van der Waals surface area contributed by atoms with Gasteiger partial charge >= 0.3 is 0 Å². The van der Waals surface area contributed by atoms with Crippen LogP contribution in [-0.2, 0) is 0 Å². The second kappa shape index (κ2) is 5.59. The number of nitrogens with zero attached hydrogens (tertiary/aromatic N) is 1. The fourth-order valence-corrected chi connectivity index (χ4v) is 3.12. The van der Waals surface area contributed by atoms with Crippen molar-refractivity contribution in [3.63, 3.8) is 0 Å². The summed E-state index contributed by atoms with van der Waals surface area (Å²) in [6.45, 7) is 5.60. The lowest BCUT2D eigenvalue weighted by Gasteiger charge is -2.36. The predicted molar refractivity (Wildman–Crippen MR) is 76.8 cm³/mol. The number of anilines is 1. The Kier molecular flexibility index (Phi) is 4.30. The molecule has 0 aromatic heterocycles. The Balaban J connectivity index is 2.17. The normalized spacial score (nSPS) is 26.2. The van der Waals surface area contributed by atoms with Gasteiger partial charge in [0.15, 0.2) is 0 Å². The molecule has 3 atom stereocenters. The number of aliphatic hydroxyl groups excluding tert-OH is 2. The van der Waals surface area contributed by atoms with E-state index < -0.39 is 6.10 Å². The summed E-state index contributed by atoms with van der Waals surface area (Å²) in [4.78, 5) is 2.29. The van der Waals surface area contributed by atoms with Gasteiger partial charge in [-0.25, -0.2) is 0 Å². The van der Waals surface area contributed by atoms with Crippen LogP contribution in [0.2, 0.25) is 0 Å². The number of piperidine rings is 1. The number of hydrogen-bond acceptors (Lipinski definition) is 3. The molecular weight excluding hydrogens is 294 g/mol. The molecule has 3 nitrogen and oxygen atoms in total. The molecule has 1 heterocycles. The lowest BCUT2D eigenvalue weighted by Crippen LogP contribution is -2.41. The number of benzene rings is 1. The van der Waals surface area contributed by atoms with Crippen molar-refractivity contribution < 1.29 is 10.2 Å². The van der Waals surface area contributed by atoms with Gasteiger partial charge in [-0.3, -0.25) is 0 Å². The van der Waals surface area contributed by atoms with E-state index in [-0.39, 0.29) is 6.10 Å². The molecule has 1 aliphatic heterocycles. The predicted octanol–water partition coefficient (Wildman–Crippen LogP) is 2.71. The van der Waals surface area contributed by atoms with Gasteiger partial charge in [0, 0.05) is 23.2 Å². The summed E-state index contributed by atoms with van der Waals surface area (Å²) < 4.78 is 0.939. The van der Waals surface area contributed by atoms with E-state index >= 15 is 0 Å². The molecule has 0 bridgehead atoms. The maximum atomic E-state index is 9.74. The second-order valence-electron chi connectivity index (χ2n) is 5.16. The molecule has 0 spiro atoms. The van der Waals surface area contributed by atoms with Crippen molar-refractivity contribution >= 4 is 21.6 Å². The zero-order chi connectivity index (χ0) is 13.3. The van der Waals surface area contributed by atoms with Crippen LogP contribution in [0.1, 0.15) is 31.9 Å². The minimum atomic E-state index is -0.462. The largest absolute Gasteiger partial charge is 0.393 e. The Morgan fingerprint density at radius 3 is 2.72 bits per heavy atom. The molecule has 18 heavy (non-hydrogen) atoms. The van der Waals surface area contributed by atoms with Crippen molar-refractivity contribution in [1.29, 1.82) is 0 Å². The van der Waals surface area contributed by atoms with E-state index in [0.717, 1.165) is 35.2 Å². The summed E-state index contributed by atoms with van der Waals surface area (Å²) >= 11 is 3.51. The van der Waals surface area contributed by atoms with Gasteiger partial charge < -0.3 is 15.1 Å². The number of aliphatic hydroxyl groups is 2. The first-order chi connectivity index (χ1) is 8.49. The van der Waals surface area contributed by atoms with Gasteiger partial charge in [-0.15, -0.1) is 0 Å². The monoisotopic (exact) mass is 313 g/mol. The van der Waals surface area contributed by atoms with Crippen molar-refractivity contribution in [3.05, 3.63) is 28.2 Å². The molecule has 0 saturated carbocycles. The van der Waals surface area contributed by atoms with Gasteiger partial charge in [-0.2, -0.15) is 0 Å². The fourth-order valence-electron chi connectivity index (χ4n) is 2.42. The molecule has 1 aromatic rings. The second-order valence-corrected chi connectivity index (χ2v) is 6.02. The summed E-state index contributed by atoms with van der Waals surface area (Å²) in [5.74, 6) is 0.300. The third kappa shape index (κ3) is 2.87. The molecule has 100 valence electrons. The van der Waals surface area contributed by atoms with Gasteiger partial charge in [-0.05, 0) is 37.0 Å². The molecule has 0 amide bonds. The molecule has 2 rings (SSSR count). The van der Waals surface area contributed by atoms with E-state index in [1.165, 1.54) is 0 Å². The smallest absolute Gasteiger partial charge is 0.0772 e. The average molecular weight is 314 g/mol. The Morgan fingerprint density at radius 2 is 2.17 bits per heavy atom. The first-order valence-electron chi connectivity index (χ1n) is 6.39. The highest BCUT2D eigenvalue weighted by atomic mass is 79.9. The zero-order valence-corrected chi connectivity index (χ0v) is 12.4. The fraction of sp³-hybridized carbons (Fsp3) is 0.571. The third-order valence-electron chi connectivity index (χ3n) is 3.66. The minimum Gasteiger partial charge on any atom is -0.393 e. The molecule has 1 saturated heterocycles. The first kappa shape index (κ1) is 13.8. The van der Waals surface area contributed by atoms with E-state index in [2.05, 4.69) is 27.8 Å². The van der Waals surface area contributed by atoms with Crippen LogP contribution in [0.3, 0.4) is 0 Å². The van der Waals surface area contributed by atoms with E-state index in [9.17, 15) is 10.2 Å². The molecule has 1 aromatic carbocycles. The van der Waals surface area contributed by atoms with Crippen molar-refractivity contribution in [2.24, 2.45) is 5.92 Å². The summed E-state index contributed by atoms with van der Waals surface area (Å²) in [6.07, 6.45) is 0.175. The Bertz CT molecular complexity index is 422. The third-order valence-corrected chi connectivity index (χ3v) is 4.35. The van der Waals surface area contributed by atoms with Crippen LogP contribution < -0.4 is 4.90 Å². The molecule has 0 radical (unpaired) electrons. The molecule has 2 N–H and O–H groups in total. The van der Waals surface area contributed by atoms with Crippen molar-refractivity contribution in [3.8, 4) is 0 Å². The number of hydrogen-bond donors (Lipinski definition) is 2.